The molecule has 0 aliphatic carbocycles. The van der Waals surface area contributed by atoms with Gasteiger partial charge in [-0.1, -0.05) is 60.7 Å². The zero-order chi connectivity index (χ0) is 15.6. The summed E-state index contributed by atoms with van der Waals surface area (Å²) in [6, 6.07) is 20.1. The molecule has 1 N–H and O–H groups in total. The Kier molecular flexibility index (Phi) is 3.24. The Bertz CT molecular complexity index is 949. The van der Waals surface area contributed by atoms with Crippen LogP contribution >= 0.6 is 0 Å². The normalized spacial score (nSPS) is 10.8. The number of aromatic amines is 1. The second-order valence-electron chi connectivity index (χ2n) is 5.11. The van der Waals surface area contributed by atoms with Gasteiger partial charge < -0.3 is 4.74 Å². The lowest BCUT2D eigenvalue weighted by molar-refractivity contribution is 0.401. The lowest BCUT2D eigenvalue weighted by Gasteiger charge is -2.10. The minimum atomic E-state index is 0.519. The van der Waals surface area contributed by atoms with Gasteiger partial charge in [0.1, 0.15) is 5.69 Å². The predicted octanol–water partition coefficient (Wildman–Crippen LogP) is 3.70. The van der Waals surface area contributed by atoms with Gasteiger partial charge in [-0.25, -0.2) is 0 Å². The number of hydrogen-bond donors (Lipinski definition) is 1. The molecule has 0 saturated carbocycles. The van der Waals surface area contributed by atoms with Crippen molar-refractivity contribution in [1.29, 1.82) is 0 Å². The molecule has 0 aliphatic rings. The summed E-state index contributed by atoms with van der Waals surface area (Å²) in [7, 11) is 1.60. The molecule has 112 valence electrons. The predicted molar refractivity (Wildman–Crippen MR) is 89.1 cm³/mol. The largest absolute Gasteiger partial charge is 0.479 e. The van der Waals surface area contributed by atoms with Crippen LogP contribution in [0.15, 0.2) is 60.7 Å². The number of fused-ring (bicyclic) bond motifs is 1. The van der Waals surface area contributed by atoms with Crippen LogP contribution in [0, 0.1) is 0 Å². The zero-order valence-corrected chi connectivity index (χ0v) is 12.5. The summed E-state index contributed by atoms with van der Waals surface area (Å²) < 4.78 is 5.41. The lowest BCUT2D eigenvalue weighted by atomic mass is 9.97. The highest BCUT2D eigenvalue weighted by atomic mass is 16.5. The van der Waals surface area contributed by atoms with Crippen molar-refractivity contribution in [2.45, 2.75) is 0 Å². The van der Waals surface area contributed by atoms with Crippen LogP contribution in [0.5, 0.6) is 5.88 Å². The summed E-state index contributed by atoms with van der Waals surface area (Å²) in [4.78, 5) is 0. The number of H-pyrrole nitrogens is 1. The molecule has 5 nitrogen and oxygen atoms in total. The molecule has 4 rings (SSSR count). The van der Waals surface area contributed by atoms with Crippen molar-refractivity contribution in [3.8, 4) is 28.3 Å². The monoisotopic (exact) mass is 302 g/mol. The number of hydrogen-bond acceptors (Lipinski definition) is 4. The zero-order valence-electron chi connectivity index (χ0n) is 12.5. The summed E-state index contributed by atoms with van der Waals surface area (Å²) in [5, 5.41) is 16.6. The van der Waals surface area contributed by atoms with E-state index in [2.05, 4.69) is 32.5 Å². The van der Waals surface area contributed by atoms with Gasteiger partial charge in [-0.3, -0.25) is 5.10 Å². The Morgan fingerprint density at radius 2 is 1.48 bits per heavy atom. The highest BCUT2D eigenvalue weighted by Crippen LogP contribution is 2.38. The fourth-order valence-electron chi connectivity index (χ4n) is 2.71. The molecular formula is C18H14N4O. The van der Waals surface area contributed by atoms with Crippen molar-refractivity contribution >= 4 is 11.0 Å². The molecule has 4 aromatic rings. The molecule has 0 saturated heterocycles. The van der Waals surface area contributed by atoms with Gasteiger partial charge in [0.15, 0.2) is 5.65 Å². The van der Waals surface area contributed by atoms with Crippen LogP contribution in [0.3, 0.4) is 0 Å². The molecule has 2 heterocycles. The van der Waals surface area contributed by atoms with E-state index >= 15 is 0 Å². The van der Waals surface area contributed by atoms with E-state index in [9.17, 15) is 0 Å². The van der Waals surface area contributed by atoms with E-state index < -0.39 is 0 Å². The quantitative estimate of drug-likeness (QED) is 0.627. The Morgan fingerprint density at radius 1 is 0.826 bits per heavy atom. The minimum absolute atomic E-state index is 0.519. The third-order valence-corrected chi connectivity index (χ3v) is 3.75. The third kappa shape index (κ3) is 2.23. The number of benzene rings is 2. The summed E-state index contributed by atoms with van der Waals surface area (Å²) in [5.74, 6) is 0.519. The molecule has 5 heteroatoms. The summed E-state index contributed by atoms with van der Waals surface area (Å²) >= 11 is 0. The van der Waals surface area contributed by atoms with Crippen LogP contribution in [0.2, 0.25) is 0 Å². The van der Waals surface area contributed by atoms with E-state index in [1.165, 1.54) is 0 Å². The first kappa shape index (κ1) is 13.5. The molecule has 0 spiro atoms. The molecule has 2 aromatic carbocycles. The second-order valence-corrected chi connectivity index (χ2v) is 5.11. The highest BCUT2D eigenvalue weighted by Gasteiger charge is 2.19. The summed E-state index contributed by atoms with van der Waals surface area (Å²) in [6.07, 6.45) is 0. The number of methoxy groups -OCH3 is 1. The third-order valence-electron chi connectivity index (χ3n) is 3.75. The van der Waals surface area contributed by atoms with Crippen molar-refractivity contribution in [3.05, 3.63) is 60.7 Å². The van der Waals surface area contributed by atoms with Gasteiger partial charge in [0.25, 0.3) is 0 Å². The van der Waals surface area contributed by atoms with Crippen molar-refractivity contribution in [2.24, 2.45) is 0 Å². The number of ether oxygens (including phenoxy) is 1. The van der Waals surface area contributed by atoms with Crippen LogP contribution in [0.1, 0.15) is 0 Å². The van der Waals surface area contributed by atoms with Crippen LogP contribution in [0.25, 0.3) is 33.4 Å². The van der Waals surface area contributed by atoms with Crippen molar-refractivity contribution in [2.75, 3.05) is 7.11 Å². The molecule has 0 aliphatic heterocycles. The first-order valence-electron chi connectivity index (χ1n) is 7.28. The number of nitrogens with zero attached hydrogens (tertiary/aromatic N) is 3. The van der Waals surface area contributed by atoms with Gasteiger partial charge in [-0.15, -0.1) is 15.3 Å². The Hall–Kier alpha value is -3.21. The lowest BCUT2D eigenvalue weighted by Crippen LogP contribution is -1.95. The standard InChI is InChI=1S/C18H14N4O/c1-23-18-15-14(12-8-4-2-5-9-12)16(13-10-6-3-7-11-13)19-20-17(15)21-22-18/h2-11H,1H3,(H,20,21,22). The fourth-order valence-corrected chi connectivity index (χ4v) is 2.71. The molecule has 0 bridgehead atoms. The van der Waals surface area contributed by atoms with Gasteiger partial charge >= 0.3 is 0 Å². The van der Waals surface area contributed by atoms with Gasteiger partial charge in [-0.2, -0.15) is 0 Å². The van der Waals surface area contributed by atoms with E-state index in [0.29, 0.717) is 11.5 Å². The van der Waals surface area contributed by atoms with Gasteiger partial charge in [0.2, 0.25) is 5.88 Å². The van der Waals surface area contributed by atoms with E-state index in [1.807, 2.05) is 48.5 Å². The van der Waals surface area contributed by atoms with Gasteiger partial charge in [-0.05, 0) is 5.56 Å². The van der Waals surface area contributed by atoms with E-state index in [-0.39, 0.29) is 0 Å². The van der Waals surface area contributed by atoms with Crippen LogP contribution in [-0.2, 0) is 0 Å². The summed E-state index contributed by atoms with van der Waals surface area (Å²) in [6.45, 7) is 0. The average Bonchev–Trinajstić information content (AvgIpc) is 3.05. The Balaban J connectivity index is 2.11. The first-order chi connectivity index (χ1) is 11.4. The van der Waals surface area contributed by atoms with Crippen molar-refractivity contribution < 1.29 is 4.74 Å². The van der Waals surface area contributed by atoms with Crippen molar-refractivity contribution in [3.63, 3.8) is 0 Å². The second kappa shape index (κ2) is 5.53. The maximum Gasteiger partial charge on any atom is 0.242 e. The maximum atomic E-state index is 5.41. The maximum absolute atomic E-state index is 5.41. The molecule has 0 unspecified atom stereocenters. The molecule has 23 heavy (non-hydrogen) atoms. The van der Waals surface area contributed by atoms with E-state index in [1.54, 1.807) is 7.11 Å². The molecule has 0 fully saturated rings. The van der Waals surface area contributed by atoms with Gasteiger partial charge in [0, 0.05) is 11.1 Å². The van der Waals surface area contributed by atoms with Gasteiger partial charge in [0.05, 0.1) is 12.5 Å². The van der Waals surface area contributed by atoms with Crippen LogP contribution < -0.4 is 4.74 Å². The van der Waals surface area contributed by atoms with E-state index in [4.69, 9.17) is 4.74 Å². The molecule has 0 amide bonds. The van der Waals surface area contributed by atoms with Crippen LogP contribution in [-0.4, -0.2) is 27.5 Å². The molecule has 0 radical (unpaired) electrons. The first-order valence-corrected chi connectivity index (χ1v) is 7.28. The van der Waals surface area contributed by atoms with Crippen LogP contribution in [0.4, 0.5) is 0 Å². The number of rotatable bonds is 3. The molecule has 2 aromatic heterocycles. The van der Waals surface area contributed by atoms with E-state index in [0.717, 1.165) is 27.8 Å². The highest BCUT2D eigenvalue weighted by molar-refractivity contribution is 6.02. The molecule has 0 atom stereocenters. The smallest absolute Gasteiger partial charge is 0.242 e. The fraction of sp³-hybridized carbons (Fsp3) is 0.0556. The Morgan fingerprint density at radius 3 is 2.13 bits per heavy atom. The SMILES string of the molecule is COc1n[nH]c2nnc(-c3ccccc3)c(-c3ccccc3)c12. The average molecular weight is 302 g/mol. The topological polar surface area (TPSA) is 63.7 Å². The minimum Gasteiger partial charge on any atom is -0.479 e. The number of aromatic nitrogens is 4. The molecular weight excluding hydrogens is 288 g/mol. The Labute approximate surface area is 133 Å². The van der Waals surface area contributed by atoms with Crippen molar-refractivity contribution in [1.82, 2.24) is 20.4 Å². The number of nitrogens with one attached hydrogen (secondary N) is 1. The summed E-state index contributed by atoms with van der Waals surface area (Å²) in [5.41, 5.74) is 4.44.